The molecule has 0 spiro atoms. The fourth-order valence-corrected chi connectivity index (χ4v) is 6.69. The Bertz CT molecular complexity index is 1980. The Morgan fingerprint density at radius 2 is 1.78 bits per heavy atom. The van der Waals surface area contributed by atoms with Crippen LogP contribution >= 0.6 is 0 Å². The van der Waals surface area contributed by atoms with Crippen LogP contribution in [0.4, 0.5) is 11.5 Å². The van der Waals surface area contributed by atoms with E-state index in [1.807, 2.05) is 36.7 Å². The van der Waals surface area contributed by atoms with Gasteiger partial charge in [0.1, 0.15) is 10.1 Å². The van der Waals surface area contributed by atoms with Crippen molar-refractivity contribution in [3.05, 3.63) is 66.2 Å². The third-order valence-corrected chi connectivity index (χ3v) is 9.94. The summed E-state index contributed by atoms with van der Waals surface area (Å²) in [6.07, 6.45) is 9.08. The number of hydrogen-bond acceptors (Lipinski definition) is 13. The number of aromatic nitrogens is 1. The van der Waals surface area contributed by atoms with Gasteiger partial charge in [-0.25, -0.2) is 26.2 Å². The maximum Gasteiger partial charge on any atom is 1.00 e. The summed E-state index contributed by atoms with van der Waals surface area (Å²) < 4.78 is 76.4. The molecule has 0 unspecified atom stereocenters. The number of anilines is 1. The number of aryl methyl sites for hydroxylation is 1. The minimum Gasteiger partial charge on any atom is -0.748 e. The molecule has 0 N–H and O–H groups in total. The van der Waals surface area contributed by atoms with E-state index < -0.39 is 54.1 Å². The number of amides is 2. The summed E-state index contributed by atoms with van der Waals surface area (Å²) in [5, 5.41) is 0.551. The van der Waals surface area contributed by atoms with E-state index >= 15 is 0 Å². The fourth-order valence-electron chi connectivity index (χ4n) is 5.72. The molecule has 15 nitrogen and oxygen atoms in total. The van der Waals surface area contributed by atoms with Crippen molar-refractivity contribution in [1.82, 2.24) is 5.06 Å². The van der Waals surface area contributed by atoms with Gasteiger partial charge < -0.3 is 23.6 Å². The predicted molar refractivity (Wildman–Crippen MR) is 171 cm³/mol. The second kappa shape index (κ2) is 15.8. The molecular formula is C32H35N4NaO11S2. The van der Waals surface area contributed by atoms with E-state index in [4.69, 9.17) is 14.6 Å². The monoisotopic (exact) mass is 738 g/mol. The van der Waals surface area contributed by atoms with Crippen molar-refractivity contribution in [3.63, 3.8) is 0 Å². The van der Waals surface area contributed by atoms with Gasteiger partial charge >= 0.3 is 41.3 Å². The molecule has 5 rings (SSSR count). The van der Waals surface area contributed by atoms with Crippen LogP contribution in [0.1, 0.15) is 64.4 Å². The number of allylic oxidation sites excluding steroid dienone is 3. The fraction of sp³-hybridized carbons (Fsp3) is 0.406. The van der Waals surface area contributed by atoms with Crippen LogP contribution in [-0.2, 0) is 51.4 Å². The number of rotatable bonds is 14. The number of ether oxygens (including phenoxy) is 1. The summed E-state index contributed by atoms with van der Waals surface area (Å²) in [4.78, 5) is 46.2. The Morgan fingerprint density at radius 1 is 1.06 bits per heavy atom. The molecule has 0 atom stereocenters. The summed E-state index contributed by atoms with van der Waals surface area (Å²) in [6, 6.07) is 7.55. The maximum atomic E-state index is 12.1. The Kier molecular flexibility index (Phi) is 12.5. The summed E-state index contributed by atoms with van der Waals surface area (Å²) in [5.74, 6) is -1.01. The van der Waals surface area contributed by atoms with Crippen LogP contribution in [0.15, 0.2) is 70.5 Å². The minimum atomic E-state index is -4.77. The first kappa shape index (κ1) is 39.3. The number of carbonyl (C=O) groups is 3. The molecule has 4 heterocycles. The maximum absolute atomic E-state index is 12.1. The third kappa shape index (κ3) is 9.25. The van der Waals surface area contributed by atoms with Gasteiger partial charge in [-0.05, 0) is 87.0 Å². The number of imide groups is 1. The molecule has 0 bridgehead atoms. The largest absolute Gasteiger partial charge is 1.00 e. The first-order chi connectivity index (χ1) is 23.0. The van der Waals surface area contributed by atoms with Crippen molar-refractivity contribution in [2.45, 2.75) is 75.6 Å². The molecule has 0 aliphatic carbocycles. The molecule has 2 amide bonds. The van der Waals surface area contributed by atoms with Crippen molar-refractivity contribution in [3.8, 4) is 5.75 Å². The number of hydroxylamine groups is 2. The Hall–Kier alpha value is -3.45. The number of aliphatic imine (C=N–C) groups is 1. The van der Waals surface area contributed by atoms with Crippen LogP contribution in [0.5, 0.6) is 5.75 Å². The second-order valence-corrected chi connectivity index (χ2v) is 15.1. The van der Waals surface area contributed by atoms with E-state index in [0.29, 0.717) is 24.4 Å². The van der Waals surface area contributed by atoms with Crippen LogP contribution in [0.2, 0.25) is 0 Å². The van der Waals surface area contributed by atoms with Crippen molar-refractivity contribution >= 4 is 55.2 Å². The zero-order chi connectivity index (χ0) is 35.6. The van der Waals surface area contributed by atoms with Gasteiger partial charge in [-0.2, -0.15) is 0 Å². The molecular weight excluding hydrogens is 703 g/mol. The number of unbranched alkanes of at least 4 members (excludes halogenated alkanes) is 2. The zero-order valence-electron chi connectivity index (χ0n) is 27.9. The number of pyridine rings is 1. The van der Waals surface area contributed by atoms with Crippen LogP contribution in [0, 0.1) is 0 Å². The SMILES string of the molecule is CC1(C)C(/C=C/C=C2\Oc3ccc(S(=O)(=O)[O-])cc3N2CCCS(=O)(=O)[O-])=Nc2c1ccc[n+]2CCCCCC(=O)ON1C(=O)CCC1=O.[Na+]. The van der Waals surface area contributed by atoms with Crippen molar-refractivity contribution in [2.75, 3.05) is 17.2 Å². The average Bonchev–Trinajstić information content (AvgIpc) is 3.62. The van der Waals surface area contributed by atoms with Gasteiger partial charge in [-0.3, -0.25) is 9.59 Å². The van der Waals surface area contributed by atoms with Crippen molar-refractivity contribution < 1.29 is 84.0 Å². The Morgan fingerprint density at radius 3 is 2.46 bits per heavy atom. The smallest absolute Gasteiger partial charge is 0.748 e. The molecule has 3 aliphatic rings. The van der Waals surface area contributed by atoms with Crippen LogP contribution in [0.3, 0.4) is 0 Å². The van der Waals surface area contributed by atoms with E-state index in [2.05, 4.69) is 0 Å². The van der Waals surface area contributed by atoms with Crippen molar-refractivity contribution in [1.29, 1.82) is 0 Å². The van der Waals surface area contributed by atoms with E-state index in [1.54, 1.807) is 18.2 Å². The van der Waals surface area contributed by atoms with Gasteiger partial charge in [-0.1, -0.05) is 6.08 Å². The summed E-state index contributed by atoms with van der Waals surface area (Å²) in [7, 11) is -9.26. The standard InChI is InChI=1S/C32H36N4O11S2.Na/c1-32(2)23-9-7-18-34(17-5-3-4-12-30(39)47-36-27(37)15-16-28(36)38)31(23)33-26(32)10-6-11-29-35(19-8-20-48(40,41)42)24-21-22(49(43,44)45)13-14-25(24)46-29;/h6-7,9-11,13-14,18,21H,3-5,8,12,15-17,19-20H2,1-2H3,(H-,40,41,42,43,44,45);/q;+1/p-1. The molecule has 0 radical (unpaired) electrons. The molecule has 2 aromatic rings. The Labute approximate surface area is 312 Å². The molecule has 1 saturated heterocycles. The van der Waals surface area contributed by atoms with E-state index in [9.17, 15) is 40.3 Å². The molecule has 1 fully saturated rings. The summed E-state index contributed by atoms with van der Waals surface area (Å²) >= 11 is 0. The van der Waals surface area contributed by atoms with Gasteiger partial charge in [0.15, 0.2) is 11.5 Å². The van der Waals surface area contributed by atoms with E-state index in [-0.39, 0.29) is 79.1 Å². The van der Waals surface area contributed by atoms with E-state index in [1.165, 1.54) is 11.0 Å². The molecule has 3 aliphatic heterocycles. The normalized spacial score (nSPS) is 17.5. The molecule has 50 heavy (non-hydrogen) atoms. The third-order valence-electron chi connectivity index (χ3n) is 8.32. The molecule has 1 aromatic heterocycles. The minimum absolute atomic E-state index is 0. The van der Waals surface area contributed by atoms with Crippen LogP contribution < -0.4 is 43.8 Å². The average molecular weight is 739 g/mol. The number of hydrogen-bond donors (Lipinski definition) is 0. The Balaban J connectivity index is 0.00000562. The number of carbonyl (C=O) groups excluding carboxylic acids is 3. The molecule has 1 aromatic carbocycles. The number of fused-ring (bicyclic) bond motifs is 2. The molecule has 0 saturated carbocycles. The first-order valence-electron chi connectivity index (χ1n) is 15.6. The number of benzene rings is 1. The molecule has 18 heteroatoms. The second-order valence-electron chi connectivity index (χ2n) is 12.2. The van der Waals surface area contributed by atoms with Gasteiger partial charge in [0.05, 0.1) is 44.4 Å². The van der Waals surface area contributed by atoms with Gasteiger partial charge in [-0.15, -0.1) is 5.06 Å². The predicted octanol–water partition coefficient (Wildman–Crippen LogP) is -0.355. The number of nitrogens with zero attached hydrogens (tertiary/aromatic N) is 4. The quantitative estimate of drug-likeness (QED) is 0.0802. The van der Waals surface area contributed by atoms with E-state index in [0.717, 1.165) is 35.6 Å². The van der Waals surface area contributed by atoms with Crippen molar-refractivity contribution in [2.24, 2.45) is 4.99 Å². The zero-order valence-corrected chi connectivity index (χ0v) is 31.5. The topological polar surface area (TPSA) is 207 Å². The van der Waals surface area contributed by atoms with Crippen LogP contribution in [0.25, 0.3) is 0 Å². The van der Waals surface area contributed by atoms with Gasteiger partial charge in [0, 0.05) is 31.6 Å². The summed E-state index contributed by atoms with van der Waals surface area (Å²) in [5.41, 5.74) is 1.52. The first-order valence-corrected chi connectivity index (χ1v) is 18.6. The summed E-state index contributed by atoms with van der Waals surface area (Å²) in [6.45, 7) is 4.70. The van der Waals surface area contributed by atoms with Gasteiger partial charge in [0.2, 0.25) is 5.88 Å². The van der Waals surface area contributed by atoms with Gasteiger partial charge in [0.25, 0.3) is 11.8 Å². The molecule has 262 valence electrons. The van der Waals surface area contributed by atoms with Crippen LogP contribution in [-0.4, -0.2) is 66.8 Å².